The van der Waals surface area contributed by atoms with E-state index in [4.69, 9.17) is 17.0 Å². The summed E-state index contributed by atoms with van der Waals surface area (Å²) in [4.78, 5) is 26.5. The number of carbonyl (C=O) groups is 2. The van der Waals surface area contributed by atoms with Crippen molar-refractivity contribution in [2.45, 2.75) is 19.3 Å². The molecule has 30 heavy (non-hydrogen) atoms. The Balaban J connectivity index is 1.49. The van der Waals surface area contributed by atoms with Crippen LogP contribution in [0.2, 0.25) is 0 Å². The molecule has 0 spiro atoms. The molecule has 6 nitrogen and oxygen atoms in total. The highest BCUT2D eigenvalue weighted by atomic mass is 32.1. The number of hydrogen-bond acceptors (Lipinski definition) is 4. The third-order valence-corrected chi connectivity index (χ3v) is 5.02. The second-order valence-corrected chi connectivity index (χ2v) is 7.39. The first kappa shape index (κ1) is 21.5. The highest BCUT2D eigenvalue weighted by Gasteiger charge is 2.17. The van der Waals surface area contributed by atoms with Crippen LogP contribution < -0.4 is 15.4 Å². The fraction of sp³-hybridized carbons (Fsp3) is 0.261. The normalized spacial score (nSPS) is 13.7. The minimum absolute atomic E-state index is 0.0563. The molecule has 156 valence electrons. The number of carbonyl (C=O) groups excluding carboxylic acids is 2. The molecule has 2 N–H and O–H groups in total. The summed E-state index contributed by atoms with van der Waals surface area (Å²) in [5, 5.41) is 5.75. The molecule has 0 aliphatic carbocycles. The van der Waals surface area contributed by atoms with Gasteiger partial charge in [-0.1, -0.05) is 12.1 Å². The lowest BCUT2D eigenvalue weighted by molar-refractivity contribution is -0.115. The predicted octanol–water partition coefficient (Wildman–Crippen LogP) is 3.85. The molecule has 1 aliphatic rings. The number of anilines is 1. The molecule has 3 rings (SSSR count). The fourth-order valence-electron chi connectivity index (χ4n) is 3.18. The molecule has 1 aliphatic heterocycles. The van der Waals surface area contributed by atoms with Gasteiger partial charge in [0.1, 0.15) is 5.75 Å². The second kappa shape index (κ2) is 10.5. The maximum Gasteiger partial charge on any atom is 0.253 e. The molecule has 2 aromatic carbocycles. The summed E-state index contributed by atoms with van der Waals surface area (Å²) in [6, 6.07) is 14.5. The first-order chi connectivity index (χ1) is 14.5. The van der Waals surface area contributed by atoms with Gasteiger partial charge in [-0.2, -0.15) is 0 Å². The summed E-state index contributed by atoms with van der Waals surface area (Å²) < 4.78 is 5.11. The van der Waals surface area contributed by atoms with Crippen molar-refractivity contribution in [1.82, 2.24) is 10.2 Å². The number of nitrogens with zero attached hydrogens (tertiary/aromatic N) is 1. The Kier molecular flexibility index (Phi) is 7.57. The van der Waals surface area contributed by atoms with Gasteiger partial charge in [0.2, 0.25) is 5.91 Å². The van der Waals surface area contributed by atoms with Crippen LogP contribution in [0.1, 0.15) is 35.2 Å². The van der Waals surface area contributed by atoms with Gasteiger partial charge < -0.3 is 15.0 Å². The third kappa shape index (κ3) is 6.15. The van der Waals surface area contributed by atoms with Crippen molar-refractivity contribution in [3.8, 4) is 5.75 Å². The van der Waals surface area contributed by atoms with E-state index in [1.54, 1.807) is 37.5 Å². The third-order valence-electron chi connectivity index (χ3n) is 4.81. The zero-order chi connectivity index (χ0) is 21.3. The minimum atomic E-state index is -0.333. The predicted molar refractivity (Wildman–Crippen MR) is 123 cm³/mol. The van der Waals surface area contributed by atoms with Crippen molar-refractivity contribution < 1.29 is 14.3 Å². The number of likely N-dealkylation sites (tertiary alicyclic amines) is 1. The summed E-state index contributed by atoms with van der Waals surface area (Å²) >= 11 is 5.19. The van der Waals surface area contributed by atoms with Gasteiger partial charge in [-0.05, 0) is 79.5 Å². The number of ether oxygens (including phenoxy) is 1. The van der Waals surface area contributed by atoms with Gasteiger partial charge in [0.05, 0.1) is 7.11 Å². The second-order valence-electron chi connectivity index (χ2n) is 6.98. The van der Waals surface area contributed by atoms with Gasteiger partial charge in [0, 0.05) is 30.4 Å². The smallest absolute Gasteiger partial charge is 0.253 e. The number of nitrogens with one attached hydrogen (secondary N) is 2. The van der Waals surface area contributed by atoms with Gasteiger partial charge in [-0.3, -0.25) is 14.9 Å². The molecule has 0 saturated carbocycles. The minimum Gasteiger partial charge on any atom is -0.497 e. The summed E-state index contributed by atoms with van der Waals surface area (Å²) in [6.07, 6.45) is 6.41. The van der Waals surface area contributed by atoms with E-state index in [9.17, 15) is 9.59 Å². The van der Waals surface area contributed by atoms with Crippen LogP contribution in [0, 0.1) is 0 Å². The molecule has 0 bridgehead atoms. The van der Waals surface area contributed by atoms with Gasteiger partial charge in [-0.15, -0.1) is 0 Å². The van der Waals surface area contributed by atoms with Crippen LogP contribution in [0.3, 0.4) is 0 Å². The van der Waals surface area contributed by atoms with Crippen molar-refractivity contribution in [3.05, 3.63) is 65.7 Å². The van der Waals surface area contributed by atoms with E-state index in [1.807, 2.05) is 29.2 Å². The molecule has 1 saturated heterocycles. The van der Waals surface area contributed by atoms with Gasteiger partial charge in [0.25, 0.3) is 5.91 Å². The number of amides is 2. The molecule has 1 fully saturated rings. The summed E-state index contributed by atoms with van der Waals surface area (Å²) in [5.74, 6) is 0.478. The SMILES string of the molecule is COc1ccc(/C=C/C(=O)NC(=S)Nc2ccc(C(=O)N3CCCCC3)cc2)cc1. The largest absolute Gasteiger partial charge is 0.497 e. The molecular weight excluding hydrogens is 398 g/mol. The zero-order valence-electron chi connectivity index (χ0n) is 16.9. The number of piperidine rings is 1. The quantitative estimate of drug-likeness (QED) is 0.565. The average molecular weight is 424 g/mol. The topological polar surface area (TPSA) is 70.7 Å². The molecule has 2 aromatic rings. The molecular formula is C23H25N3O3S. The van der Waals surface area contributed by atoms with Gasteiger partial charge in [-0.25, -0.2) is 0 Å². The van der Waals surface area contributed by atoms with Crippen molar-refractivity contribution >= 4 is 40.9 Å². The first-order valence-corrected chi connectivity index (χ1v) is 10.3. The van der Waals surface area contributed by atoms with Crippen molar-refractivity contribution in [3.63, 3.8) is 0 Å². The van der Waals surface area contributed by atoms with Crippen LogP contribution in [0.4, 0.5) is 5.69 Å². The maximum absolute atomic E-state index is 12.5. The Hall–Kier alpha value is -3.19. The summed E-state index contributed by atoms with van der Waals surface area (Å²) in [5.41, 5.74) is 2.23. The van der Waals surface area contributed by atoms with Crippen LogP contribution in [-0.4, -0.2) is 42.0 Å². The van der Waals surface area contributed by atoms with Crippen LogP contribution >= 0.6 is 12.2 Å². The Morgan fingerprint density at radius 1 is 1.00 bits per heavy atom. The van der Waals surface area contributed by atoms with Crippen molar-refractivity contribution in [1.29, 1.82) is 0 Å². The van der Waals surface area contributed by atoms with Crippen LogP contribution in [0.5, 0.6) is 5.75 Å². The number of rotatable bonds is 5. The molecule has 2 amide bonds. The van der Waals surface area contributed by atoms with E-state index in [0.29, 0.717) is 11.3 Å². The average Bonchev–Trinajstić information content (AvgIpc) is 2.78. The van der Waals surface area contributed by atoms with E-state index >= 15 is 0 Å². The lowest BCUT2D eigenvalue weighted by Crippen LogP contribution is -2.35. The Labute approximate surface area is 181 Å². The molecule has 0 atom stereocenters. The first-order valence-electron chi connectivity index (χ1n) is 9.88. The van der Waals surface area contributed by atoms with Gasteiger partial charge in [0.15, 0.2) is 5.11 Å². The van der Waals surface area contributed by atoms with E-state index in [-0.39, 0.29) is 16.9 Å². The standard InChI is InChI=1S/C23H25N3O3S/c1-29-20-12-5-17(6-13-20)7-14-21(27)25-23(30)24-19-10-8-18(9-11-19)22(28)26-15-3-2-4-16-26/h5-14H,2-4,15-16H2,1H3,(H2,24,25,27,30)/b14-7+. The van der Waals surface area contributed by atoms with Crippen LogP contribution in [0.15, 0.2) is 54.6 Å². The molecule has 1 heterocycles. The van der Waals surface area contributed by atoms with Crippen molar-refractivity contribution in [2.75, 3.05) is 25.5 Å². The maximum atomic E-state index is 12.5. The summed E-state index contributed by atoms with van der Waals surface area (Å²) in [6.45, 7) is 1.64. The van der Waals surface area contributed by atoms with Gasteiger partial charge >= 0.3 is 0 Å². The highest BCUT2D eigenvalue weighted by molar-refractivity contribution is 7.80. The van der Waals surface area contributed by atoms with E-state index in [0.717, 1.165) is 37.2 Å². The monoisotopic (exact) mass is 423 g/mol. The number of thiocarbonyl (C=S) groups is 1. The Morgan fingerprint density at radius 3 is 2.30 bits per heavy atom. The lowest BCUT2D eigenvalue weighted by Gasteiger charge is -2.26. The molecule has 0 unspecified atom stereocenters. The summed E-state index contributed by atoms with van der Waals surface area (Å²) in [7, 11) is 1.60. The van der Waals surface area contributed by atoms with Crippen LogP contribution in [-0.2, 0) is 4.79 Å². The Morgan fingerprint density at radius 2 is 1.67 bits per heavy atom. The fourth-order valence-corrected chi connectivity index (χ4v) is 3.40. The molecule has 7 heteroatoms. The number of benzene rings is 2. The van der Waals surface area contributed by atoms with E-state index in [1.165, 1.54) is 12.5 Å². The van der Waals surface area contributed by atoms with E-state index in [2.05, 4.69) is 10.6 Å². The van der Waals surface area contributed by atoms with E-state index < -0.39 is 0 Å². The highest BCUT2D eigenvalue weighted by Crippen LogP contribution is 2.16. The number of methoxy groups -OCH3 is 1. The lowest BCUT2D eigenvalue weighted by atomic mass is 10.1. The molecule has 0 aromatic heterocycles. The van der Waals surface area contributed by atoms with Crippen LogP contribution in [0.25, 0.3) is 6.08 Å². The van der Waals surface area contributed by atoms with Crippen molar-refractivity contribution in [2.24, 2.45) is 0 Å². The Bertz CT molecular complexity index is 918. The zero-order valence-corrected chi connectivity index (χ0v) is 17.7. The molecule has 0 radical (unpaired) electrons. The number of hydrogen-bond donors (Lipinski definition) is 2.